The van der Waals surface area contributed by atoms with Gasteiger partial charge in [-0.1, -0.05) is 25.1 Å². The fourth-order valence-electron chi connectivity index (χ4n) is 2.87. The van der Waals surface area contributed by atoms with E-state index in [-0.39, 0.29) is 11.6 Å². The van der Waals surface area contributed by atoms with Gasteiger partial charge in [0.1, 0.15) is 5.69 Å². The van der Waals surface area contributed by atoms with Gasteiger partial charge < -0.3 is 18.9 Å². The van der Waals surface area contributed by atoms with Crippen molar-refractivity contribution in [2.75, 3.05) is 7.11 Å². The number of nitrogens with zero attached hydrogens (tertiary/aromatic N) is 2. The minimum atomic E-state index is -0.758. The van der Waals surface area contributed by atoms with Gasteiger partial charge in [-0.2, -0.15) is 0 Å². The molecule has 1 aromatic carbocycles. The van der Waals surface area contributed by atoms with Crippen LogP contribution in [0.2, 0.25) is 0 Å². The van der Waals surface area contributed by atoms with Crippen LogP contribution in [0.15, 0.2) is 34.7 Å². The molecule has 8 nitrogen and oxygen atoms in total. The third kappa shape index (κ3) is 3.66. The van der Waals surface area contributed by atoms with Gasteiger partial charge in [0, 0.05) is 11.3 Å². The first-order valence-electron chi connectivity index (χ1n) is 8.85. The third-order valence-electron chi connectivity index (χ3n) is 4.37. The van der Waals surface area contributed by atoms with Crippen molar-refractivity contribution in [3.63, 3.8) is 0 Å². The number of carbonyl (C=O) groups is 2. The zero-order chi connectivity index (χ0) is 20.3. The van der Waals surface area contributed by atoms with Crippen LogP contribution in [0, 0.1) is 6.92 Å². The normalized spacial score (nSPS) is 11.9. The number of hydrogen-bond acceptors (Lipinski definition) is 7. The first-order valence-corrected chi connectivity index (χ1v) is 8.85. The number of aromatic amines is 1. The Hall–Kier alpha value is -3.42. The summed E-state index contributed by atoms with van der Waals surface area (Å²) in [5.41, 5.74) is 2.43. The first kappa shape index (κ1) is 19.3. The highest BCUT2D eigenvalue weighted by molar-refractivity contribution is 5.98. The SMILES string of the molecule is CCc1[nH]c(C(=O)O[C@H](C)c2nnc(-c3ccccc3)o2)c(C)c1C(=O)OC. The van der Waals surface area contributed by atoms with Crippen molar-refractivity contribution < 1.29 is 23.5 Å². The van der Waals surface area contributed by atoms with E-state index in [4.69, 9.17) is 13.9 Å². The lowest BCUT2D eigenvalue weighted by Gasteiger charge is -2.09. The summed E-state index contributed by atoms with van der Waals surface area (Å²) in [6.07, 6.45) is -0.218. The molecule has 0 radical (unpaired) electrons. The van der Waals surface area contributed by atoms with Crippen molar-refractivity contribution >= 4 is 11.9 Å². The number of aryl methyl sites for hydroxylation is 1. The largest absolute Gasteiger partial charge is 0.465 e. The lowest BCUT2D eigenvalue weighted by Crippen LogP contribution is -2.11. The Kier molecular flexibility index (Phi) is 5.58. The maximum Gasteiger partial charge on any atom is 0.355 e. The molecule has 8 heteroatoms. The van der Waals surface area contributed by atoms with E-state index < -0.39 is 18.0 Å². The molecule has 3 aromatic rings. The Morgan fingerprint density at radius 1 is 1.18 bits per heavy atom. The second-order valence-corrected chi connectivity index (χ2v) is 6.18. The van der Waals surface area contributed by atoms with E-state index in [0.29, 0.717) is 29.1 Å². The Morgan fingerprint density at radius 2 is 1.89 bits per heavy atom. The Bertz CT molecular complexity index is 991. The molecule has 0 saturated carbocycles. The van der Waals surface area contributed by atoms with Gasteiger partial charge in [0.25, 0.3) is 5.89 Å². The summed E-state index contributed by atoms with van der Waals surface area (Å²) in [5.74, 6) is -0.590. The monoisotopic (exact) mass is 383 g/mol. The van der Waals surface area contributed by atoms with Gasteiger partial charge in [0.2, 0.25) is 5.89 Å². The van der Waals surface area contributed by atoms with Crippen molar-refractivity contribution in [3.8, 4) is 11.5 Å². The molecule has 0 fully saturated rings. The number of aromatic nitrogens is 3. The summed E-state index contributed by atoms with van der Waals surface area (Å²) in [7, 11) is 1.30. The number of esters is 2. The molecule has 0 amide bonds. The molecule has 2 heterocycles. The average Bonchev–Trinajstić information content (AvgIpc) is 3.33. The number of ether oxygens (including phenoxy) is 2. The summed E-state index contributed by atoms with van der Waals surface area (Å²) in [4.78, 5) is 27.6. The zero-order valence-electron chi connectivity index (χ0n) is 16.1. The van der Waals surface area contributed by atoms with Crippen LogP contribution >= 0.6 is 0 Å². The number of rotatable bonds is 6. The van der Waals surface area contributed by atoms with Crippen LogP contribution < -0.4 is 0 Å². The maximum atomic E-state index is 12.6. The molecular formula is C20H21N3O5. The lowest BCUT2D eigenvalue weighted by atomic mass is 10.1. The van der Waals surface area contributed by atoms with Crippen molar-refractivity contribution in [2.24, 2.45) is 0 Å². The van der Waals surface area contributed by atoms with Gasteiger partial charge in [0.05, 0.1) is 12.7 Å². The van der Waals surface area contributed by atoms with Crippen LogP contribution in [0.5, 0.6) is 0 Å². The molecule has 0 aliphatic heterocycles. The quantitative estimate of drug-likeness (QED) is 0.648. The summed E-state index contributed by atoms with van der Waals surface area (Å²) >= 11 is 0. The fourth-order valence-corrected chi connectivity index (χ4v) is 2.87. The van der Waals surface area contributed by atoms with Crippen LogP contribution in [-0.2, 0) is 15.9 Å². The summed E-state index contributed by atoms with van der Waals surface area (Å²) < 4.78 is 15.9. The van der Waals surface area contributed by atoms with Crippen LogP contribution in [-0.4, -0.2) is 34.2 Å². The smallest absolute Gasteiger partial charge is 0.355 e. The van der Waals surface area contributed by atoms with Gasteiger partial charge in [-0.3, -0.25) is 0 Å². The van der Waals surface area contributed by atoms with E-state index in [1.54, 1.807) is 13.8 Å². The molecular weight excluding hydrogens is 362 g/mol. The number of nitrogens with one attached hydrogen (secondary N) is 1. The number of methoxy groups -OCH3 is 1. The lowest BCUT2D eigenvalue weighted by molar-refractivity contribution is 0.0272. The van der Waals surface area contributed by atoms with Crippen molar-refractivity contribution in [1.29, 1.82) is 0 Å². The number of hydrogen-bond donors (Lipinski definition) is 1. The molecule has 0 bridgehead atoms. The molecule has 3 rings (SSSR count). The molecule has 0 spiro atoms. The van der Waals surface area contributed by atoms with E-state index in [1.807, 2.05) is 37.3 Å². The first-order chi connectivity index (χ1) is 13.5. The predicted molar refractivity (Wildman–Crippen MR) is 99.8 cm³/mol. The second-order valence-electron chi connectivity index (χ2n) is 6.18. The fraction of sp³-hybridized carbons (Fsp3) is 0.300. The van der Waals surface area contributed by atoms with Crippen LogP contribution in [0.1, 0.15) is 57.9 Å². The van der Waals surface area contributed by atoms with Gasteiger partial charge >= 0.3 is 11.9 Å². The molecule has 2 aromatic heterocycles. The molecule has 1 atom stereocenters. The molecule has 1 N–H and O–H groups in total. The molecule has 28 heavy (non-hydrogen) atoms. The minimum Gasteiger partial charge on any atom is -0.465 e. The molecule has 0 saturated heterocycles. The van der Waals surface area contributed by atoms with Crippen molar-refractivity contribution in [3.05, 3.63) is 58.7 Å². The number of benzene rings is 1. The molecule has 0 unspecified atom stereocenters. The van der Waals surface area contributed by atoms with Crippen LogP contribution in [0.3, 0.4) is 0 Å². The summed E-state index contributed by atoms with van der Waals surface area (Å²) in [6.45, 7) is 5.18. The average molecular weight is 383 g/mol. The van der Waals surface area contributed by atoms with Gasteiger partial charge in [-0.25, -0.2) is 9.59 Å². The Morgan fingerprint density at radius 3 is 2.54 bits per heavy atom. The Balaban J connectivity index is 1.79. The van der Waals surface area contributed by atoms with E-state index in [2.05, 4.69) is 15.2 Å². The molecule has 146 valence electrons. The third-order valence-corrected chi connectivity index (χ3v) is 4.37. The summed E-state index contributed by atoms with van der Waals surface area (Å²) in [6, 6.07) is 9.30. The zero-order valence-corrected chi connectivity index (χ0v) is 16.1. The van der Waals surface area contributed by atoms with Crippen LogP contribution in [0.25, 0.3) is 11.5 Å². The number of H-pyrrole nitrogens is 1. The Labute approximate surface area is 161 Å². The van der Waals surface area contributed by atoms with E-state index in [0.717, 1.165) is 5.56 Å². The summed E-state index contributed by atoms with van der Waals surface area (Å²) in [5, 5.41) is 7.96. The topological polar surface area (TPSA) is 107 Å². The molecule has 0 aliphatic carbocycles. The van der Waals surface area contributed by atoms with Crippen molar-refractivity contribution in [2.45, 2.75) is 33.3 Å². The standard InChI is InChI=1S/C20H21N3O5/c1-5-14-15(19(24)26-4)11(2)16(21-14)20(25)27-12(3)17-22-23-18(28-17)13-9-7-6-8-10-13/h6-10,12,21H,5H2,1-4H3/t12-/m1/s1. The van der Waals surface area contributed by atoms with Crippen molar-refractivity contribution in [1.82, 2.24) is 15.2 Å². The minimum absolute atomic E-state index is 0.181. The highest BCUT2D eigenvalue weighted by Gasteiger charge is 2.27. The predicted octanol–water partition coefficient (Wildman–Crippen LogP) is 3.64. The van der Waals surface area contributed by atoms with Gasteiger partial charge in [0.15, 0.2) is 6.10 Å². The number of carbonyl (C=O) groups excluding carboxylic acids is 2. The van der Waals surface area contributed by atoms with E-state index in [1.165, 1.54) is 7.11 Å². The highest BCUT2D eigenvalue weighted by Crippen LogP contribution is 2.25. The highest BCUT2D eigenvalue weighted by atomic mass is 16.6. The maximum absolute atomic E-state index is 12.6. The second kappa shape index (κ2) is 8.08. The van der Waals surface area contributed by atoms with Gasteiger partial charge in [-0.05, 0) is 38.0 Å². The van der Waals surface area contributed by atoms with Gasteiger partial charge in [-0.15, -0.1) is 10.2 Å². The van der Waals surface area contributed by atoms with E-state index in [9.17, 15) is 9.59 Å². The van der Waals surface area contributed by atoms with Crippen LogP contribution in [0.4, 0.5) is 0 Å². The van der Waals surface area contributed by atoms with E-state index >= 15 is 0 Å². The molecule has 0 aliphatic rings.